The van der Waals surface area contributed by atoms with Crippen molar-refractivity contribution in [1.82, 2.24) is 0 Å². The molecule has 2 heteroatoms. The van der Waals surface area contributed by atoms with Crippen molar-refractivity contribution < 1.29 is 21.4 Å². The van der Waals surface area contributed by atoms with Gasteiger partial charge >= 0.3 is 69.6 Å². The Morgan fingerprint density at radius 1 is 1.33 bits per heavy atom. The molecule has 9 heavy (non-hydrogen) atoms. The molecule has 0 rings (SSSR count). The summed E-state index contributed by atoms with van der Waals surface area (Å²) in [6.07, 6.45) is 0. The van der Waals surface area contributed by atoms with Crippen LogP contribution in [0.1, 0.15) is 27.7 Å². The molecule has 0 radical (unpaired) electrons. The summed E-state index contributed by atoms with van der Waals surface area (Å²) in [5.74, 6) is 0. The Balaban J connectivity index is 3.79. The molecule has 0 aromatic carbocycles. The van der Waals surface area contributed by atoms with Crippen molar-refractivity contribution in [2.24, 2.45) is 0 Å². The zero-order chi connectivity index (χ0) is 7.49. The Labute approximate surface area is 69.5 Å². The average Bonchev–Trinajstić information content (AvgIpc) is 1.65. The van der Waals surface area contributed by atoms with Crippen LogP contribution >= 0.6 is 9.24 Å². The van der Waals surface area contributed by atoms with E-state index in [2.05, 4.69) is 36.9 Å². The second kappa shape index (κ2) is 4.23. The van der Waals surface area contributed by atoms with Gasteiger partial charge in [-0.15, -0.1) is 0 Å². The van der Waals surface area contributed by atoms with Gasteiger partial charge in [-0.05, 0) is 0 Å². The molecule has 55 valence electrons. The third kappa shape index (κ3) is 3.88. The van der Waals surface area contributed by atoms with E-state index in [1.165, 1.54) is 8.10 Å². The molecule has 0 N–H and O–H groups in total. The minimum atomic E-state index is -1.10. The summed E-state index contributed by atoms with van der Waals surface area (Å²) in [5.41, 5.74) is 0. The van der Waals surface area contributed by atoms with Crippen LogP contribution < -0.4 is 0 Å². The third-order valence-electron chi connectivity index (χ3n) is 1.73. The molecule has 0 spiro atoms. The van der Waals surface area contributed by atoms with Crippen LogP contribution in [0.2, 0.25) is 7.35 Å². The van der Waals surface area contributed by atoms with Gasteiger partial charge in [-0.1, -0.05) is 0 Å². The molecule has 0 amide bonds. The van der Waals surface area contributed by atoms with Crippen molar-refractivity contribution in [2.75, 3.05) is 3.92 Å². The van der Waals surface area contributed by atoms with Crippen molar-refractivity contribution in [3.8, 4) is 0 Å². The predicted molar refractivity (Wildman–Crippen MR) is 44.8 cm³/mol. The van der Waals surface area contributed by atoms with Gasteiger partial charge in [0.15, 0.2) is 0 Å². The molecule has 1 unspecified atom stereocenters. The van der Waals surface area contributed by atoms with Crippen LogP contribution in [0.25, 0.3) is 0 Å². The molecule has 1 atom stereocenters. The summed E-state index contributed by atoms with van der Waals surface area (Å²) >= 11 is -1.10. The fourth-order valence-electron chi connectivity index (χ4n) is 0.981. The van der Waals surface area contributed by atoms with Crippen molar-refractivity contribution in [2.45, 2.75) is 35.0 Å². The summed E-state index contributed by atoms with van der Waals surface area (Å²) in [4.78, 5) is 0. The number of hydrogen-bond acceptors (Lipinski definition) is 0. The summed E-state index contributed by atoms with van der Waals surface area (Å²) in [6.45, 7) is 9.57. The van der Waals surface area contributed by atoms with Crippen LogP contribution in [0.4, 0.5) is 0 Å². The SMILES string of the molecule is C[CH2][Hf]([CH2]P)[C](C)(C)C. The topological polar surface area (TPSA) is 0 Å². The number of rotatable bonds is 2. The van der Waals surface area contributed by atoms with E-state index in [1.807, 2.05) is 0 Å². The average molecular weight is 312 g/mol. The number of hydrogen-bond donors (Lipinski definition) is 0. The molecule has 0 aliphatic heterocycles. The normalized spacial score (nSPS) is 11.7. The van der Waals surface area contributed by atoms with Crippen LogP contribution in [0, 0.1) is 0 Å². The fraction of sp³-hybridized carbons (Fsp3) is 1.00. The summed E-state index contributed by atoms with van der Waals surface area (Å²) in [6, 6.07) is 0. The Morgan fingerprint density at radius 3 is 1.78 bits per heavy atom. The molecular weight excluding hydrogens is 294 g/mol. The van der Waals surface area contributed by atoms with E-state index in [4.69, 9.17) is 0 Å². The van der Waals surface area contributed by atoms with Gasteiger partial charge in [-0.25, -0.2) is 0 Å². The second-order valence-corrected chi connectivity index (χ2v) is 20.5. The molecule has 0 saturated heterocycles. The first kappa shape index (κ1) is 10.3. The molecule has 0 fully saturated rings. The van der Waals surface area contributed by atoms with Crippen LogP contribution in [0.5, 0.6) is 0 Å². The molecular formula is C7H18HfP. The minimum absolute atomic E-state index is 0.709. The first-order valence-electron chi connectivity index (χ1n) is 3.57. The second-order valence-electron chi connectivity index (χ2n) is 3.41. The van der Waals surface area contributed by atoms with Crippen LogP contribution in [-0.2, 0) is 21.4 Å². The zero-order valence-corrected chi connectivity index (χ0v) is 11.7. The quantitative estimate of drug-likeness (QED) is 0.543. The molecule has 0 nitrogen and oxygen atoms in total. The Hall–Kier alpha value is 1.30. The Kier molecular flexibility index (Phi) is 4.85. The summed E-state index contributed by atoms with van der Waals surface area (Å²) in [7, 11) is 2.92. The zero-order valence-electron chi connectivity index (χ0n) is 6.99. The maximum absolute atomic E-state index is 2.92. The first-order chi connectivity index (χ1) is 4.02. The van der Waals surface area contributed by atoms with Gasteiger partial charge in [0.25, 0.3) is 0 Å². The van der Waals surface area contributed by atoms with Gasteiger partial charge in [-0.3, -0.25) is 0 Å². The molecule has 0 aromatic heterocycles. The third-order valence-corrected chi connectivity index (χ3v) is 18.2. The van der Waals surface area contributed by atoms with E-state index >= 15 is 0 Å². The van der Waals surface area contributed by atoms with E-state index in [9.17, 15) is 0 Å². The van der Waals surface area contributed by atoms with Crippen molar-refractivity contribution in [3.05, 3.63) is 0 Å². The standard InChI is InChI=1S/C4H9.C2H5.CH4P.Hf/c1-4(2)3;2*1-2;/h1-3H3;1H2,2H3;1-2H2;. The van der Waals surface area contributed by atoms with Crippen LogP contribution in [0.15, 0.2) is 0 Å². The fourth-order valence-corrected chi connectivity index (χ4v) is 15.4. The summed E-state index contributed by atoms with van der Waals surface area (Å²) in [5, 5.41) is 0. The van der Waals surface area contributed by atoms with Crippen molar-refractivity contribution in [3.63, 3.8) is 0 Å². The van der Waals surface area contributed by atoms with Gasteiger partial charge in [0.1, 0.15) is 0 Å². The molecule has 0 saturated carbocycles. The van der Waals surface area contributed by atoms with E-state index in [0.717, 1.165) is 0 Å². The van der Waals surface area contributed by atoms with Crippen LogP contribution in [-0.4, -0.2) is 3.92 Å². The molecule has 0 heterocycles. The molecule has 0 aromatic rings. The van der Waals surface area contributed by atoms with Gasteiger partial charge in [-0.2, -0.15) is 0 Å². The van der Waals surface area contributed by atoms with Gasteiger partial charge in [0.05, 0.1) is 0 Å². The monoisotopic (exact) mass is 313 g/mol. The van der Waals surface area contributed by atoms with E-state index in [-0.39, 0.29) is 0 Å². The molecule has 0 bridgehead atoms. The maximum atomic E-state index is 2.92. The summed E-state index contributed by atoms with van der Waals surface area (Å²) < 4.78 is 3.67. The van der Waals surface area contributed by atoms with Crippen LogP contribution in [0.3, 0.4) is 0 Å². The van der Waals surface area contributed by atoms with Gasteiger partial charge in [0.2, 0.25) is 0 Å². The predicted octanol–water partition coefficient (Wildman–Crippen LogP) is 3.09. The van der Waals surface area contributed by atoms with Gasteiger partial charge < -0.3 is 0 Å². The Morgan fingerprint density at radius 2 is 1.78 bits per heavy atom. The molecule has 0 aliphatic rings. The first-order valence-corrected chi connectivity index (χ1v) is 11.3. The van der Waals surface area contributed by atoms with E-state index < -0.39 is 21.4 Å². The van der Waals surface area contributed by atoms with E-state index in [0.29, 0.717) is 3.17 Å². The van der Waals surface area contributed by atoms with Gasteiger partial charge in [0, 0.05) is 0 Å². The van der Waals surface area contributed by atoms with Crippen molar-refractivity contribution >= 4 is 9.24 Å². The van der Waals surface area contributed by atoms with E-state index in [1.54, 1.807) is 0 Å². The van der Waals surface area contributed by atoms with Crippen molar-refractivity contribution in [1.29, 1.82) is 0 Å². The molecule has 0 aliphatic carbocycles. The Bertz CT molecular complexity index is 71.5.